The Hall–Kier alpha value is -2.25. The standard InChI is InChI=1S/C12H10N2O2/c13-5-1-2-8-3-4-11-9(6-8)10(7-14-11)12(15)16/h3-4,6-7,14H,5,13H2,(H,15,16). The maximum atomic E-state index is 10.9. The molecule has 2 aromatic rings. The van der Waals surface area contributed by atoms with E-state index in [-0.39, 0.29) is 12.1 Å². The van der Waals surface area contributed by atoms with Crippen LogP contribution in [-0.2, 0) is 0 Å². The fraction of sp³-hybridized carbons (Fsp3) is 0.0833. The number of carboxylic acids is 1. The van der Waals surface area contributed by atoms with Crippen LogP contribution in [0, 0.1) is 11.8 Å². The third-order valence-electron chi connectivity index (χ3n) is 2.25. The summed E-state index contributed by atoms with van der Waals surface area (Å²) in [5.41, 5.74) is 7.08. The van der Waals surface area contributed by atoms with Gasteiger partial charge in [-0.2, -0.15) is 0 Å². The van der Waals surface area contributed by atoms with Crippen LogP contribution in [0.2, 0.25) is 0 Å². The van der Waals surface area contributed by atoms with Crippen LogP contribution in [0.3, 0.4) is 0 Å². The minimum atomic E-state index is -0.949. The van der Waals surface area contributed by atoms with E-state index in [1.165, 1.54) is 6.20 Å². The molecule has 0 aliphatic carbocycles. The highest BCUT2D eigenvalue weighted by Crippen LogP contribution is 2.19. The predicted octanol–water partition coefficient (Wildman–Crippen LogP) is 1.18. The molecule has 0 saturated carbocycles. The topological polar surface area (TPSA) is 79.1 Å². The normalized spacial score (nSPS) is 9.81. The Morgan fingerprint density at radius 1 is 1.50 bits per heavy atom. The summed E-state index contributed by atoms with van der Waals surface area (Å²) in [4.78, 5) is 13.8. The molecule has 0 fully saturated rings. The molecule has 4 N–H and O–H groups in total. The molecule has 0 atom stereocenters. The number of fused-ring (bicyclic) bond motifs is 1. The number of nitrogens with two attached hydrogens (primary N) is 1. The van der Waals surface area contributed by atoms with Crippen molar-refractivity contribution < 1.29 is 9.90 Å². The number of rotatable bonds is 1. The van der Waals surface area contributed by atoms with Crippen molar-refractivity contribution in [3.8, 4) is 11.8 Å². The molecule has 4 nitrogen and oxygen atoms in total. The summed E-state index contributed by atoms with van der Waals surface area (Å²) < 4.78 is 0. The van der Waals surface area contributed by atoms with Gasteiger partial charge in [0.05, 0.1) is 12.1 Å². The number of benzene rings is 1. The van der Waals surface area contributed by atoms with Gasteiger partial charge < -0.3 is 15.8 Å². The van der Waals surface area contributed by atoms with E-state index in [4.69, 9.17) is 10.8 Å². The van der Waals surface area contributed by atoms with E-state index in [9.17, 15) is 4.79 Å². The molecular formula is C12H10N2O2. The van der Waals surface area contributed by atoms with E-state index >= 15 is 0 Å². The molecule has 16 heavy (non-hydrogen) atoms. The van der Waals surface area contributed by atoms with Gasteiger partial charge in [0.2, 0.25) is 0 Å². The molecule has 0 aliphatic heterocycles. The number of carbonyl (C=O) groups is 1. The van der Waals surface area contributed by atoms with Crippen molar-refractivity contribution in [3.05, 3.63) is 35.5 Å². The molecule has 2 rings (SSSR count). The van der Waals surface area contributed by atoms with E-state index < -0.39 is 5.97 Å². The Balaban J connectivity index is 2.58. The molecule has 80 valence electrons. The van der Waals surface area contributed by atoms with Crippen LogP contribution in [-0.4, -0.2) is 22.6 Å². The van der Waals surface area contributed by atoms with Crippen LogP contribution < -0.4 is 5.73 Å². The molecule has 1 heterocycles. The number of carboxylic acid groups (broad SMARTS) is 1. The summed E-state index contributed by atoms with van der Waals surface area (Å²) in [6.45, 7) is 0.289. The lowest BCUT2D eigenvalue weighted by molar-refractivity contribution is 0.0699. The van der Waals surface area contributed by atoms with Gasteiger partial charge in [-0.25, -0.2) is 4.79 Å². The maximum Gasteiger partial charge on any atom is 0.337 e. The van der Waals surface area contributed by atoms with Crippen molar-refractivity contribution in [1.82, 2.24) is 4.98 Å². The van der Waals surface area contributed by atoms with Crippen molar-refractivity contribution in [1.29, 1.82) is 0 Å². The second kappa shape index (κ2) is 4.09. The molecule has 0 aliphatic rings. The monoisotopic (exact) mass is 214 g/mol. The van der Waals surface area contributed by atoms with Gasteiger partial charge in [-0.05, 0) is 18.2 Å². The lowest BCUT2D eigenvalue weighted by Crippen LogP contribution is -1.94. The van der Waals surface area contributed by atoms with E-state index in [1.807, 2.05) is 12.1 Å². The fourth-order valence-electron chi connectivity index (χ4n) is 1.53. The van der Waals surface area contributed by atoms with E-state index in [0.717, 1.165) is 11.1 Å². The van der Waals surface area contributed by atoms with Gasteiger partial charge >= 0.3 is 5.97 Å². The van der Waals surface area contributed by atoms with Gasteiger partial charge in [-0.1, -0.05) is 11.8 Å². The van der Waals surface area contributed by atoms with Crippen molar-refractivity contribution in [2.45, 2.75) is 0 Å². The van der Waals surface area contributed by atoms with Crippen molar-refractivity contribution in [2.75, 3.05) is 6.54 Å². The molecule has 1 aromatic carbocycles. The quantitative estimate of drug-likeness (QED) is 0.623. The molecule has 0 spiro atoms. The van der Waals surface area contributed by atoms with Crippen LogP contribution in [0.1, 0.15) is 15.9 Å². The number of hydrogen-bond acceptors (Lipinski definition) is 2. The lowest BCUT2D eigenvalue weighted by Gasteiger charge is -1.94. The molecule has 0 saturated heterocycles. The zero-order valence-electron chi connectivity index (χ0n) is 8.45. The Bertz CT molecular complexity index is 602. The Kier molecular flexibility index (Phi) is 2.63. The van der Waals surface area contributed by atoms with Gasteiger partial charge in [0.15, 0.2) is 0 Å². The average molecular weight is 214 g/mol. The Morgan fingerprint density at radius 2 is 2.31 bits per heavy atom. The number of hydrogen-bond donors (Lipinski definition) is 3. The maximum absolute atomic E-state index is 10.9. The van der Waals surface area contributed by atoms with Crippen LogP contribution in [0.25, 0.3) is 10.9 Å². The zero-order valence-corrected chi connectivity index (χ0v) is 8.45. The molecule has 1 aromatic heterocycles. The molecular weight excluding hydrogens is 204 g/mol. The molecule has 0 radical (unpaired) electrons. The summed E-state index contributed by atoms with van der Waals surface area (Å²) in [7, 11) is 0. The minimum Gasteiger partial charge on any atom is -0.478 e. The highest BCUT2D eigenvalue weighted by molar-refractivity contribution is 6.03. The summed E-state index contributed by atoms with van der Waals surface area (Å²) in [6, 6.07) is 5.38. The highest BCUT2D eigenvalue weighted by Gasteiger charge is 2.09. The van der Waals surface area contributed by atoms with Crippen molar-refractivity contribution in [3.63, 3.8) is 0 Å². The van der Waals surface area contributed by atoms with E-state index in [2.05, 4.69) is 16.8 Å². The Morgan fingerprint density at radius 3 is 3.00 bits per heavy atom. The number of nitrogens with one attached hydrogen (secondary N) is 1. The summed E-state index contributed by atoms with van der Waals surface area (Å²) in [5.74, 6) is 4.65. The molecule has 0 unspecified atom stereocenters. The first kappa shape index (κ1) is 10.3. The number of aromatic nitrogens is 1. The zero-order chi connectivity index (χ0) is 11.5. The van der Waals surface area contributed by atoms with Gasteiger partial charge in [0, 0.05) is 22.7 Å². The van der Waals surface area contributed by atoms with Crippen LogP contribution >= 0.6 is 0 Å². The van der Waals surface area contributed by atoms with Crippen molar-refractivity contribution in [2.24, 2.45) is 5.73 Å². The van der Waals surface area contributed by atoms with E-state index in [1.54, 1.807) is 6.07 Å². The third kappa shape index (κ3) is 1.76. The number of aromatic amines is 1. The Labute approximate surface area is 92.1 Å². The van der Waals surface area contributed by atoms with Crippen LogP contribution in [0.4, 0.5) is 0 Å². The first-order valence-electron chi connectivity index (χ1n) is 4.75. The van der Waals surface area contributed by atoms with Gasteiger partial charge in [-0.15, -0.1) is 0 Å². The first-order chi connectivity index (χ1) is 7.72. The van der Waals surface area contributed by atoms with Gasteiger partial charge in [0.1, 0.15) is 0 Å². The minimum absolute atomic E-state index is 0.256. The van der Waals surface area contributed by atoms with E-state index in [0.29, 0.717) is 5.39 Å². The second-order valence-electron chi connectivity index (χ2n) is 3.27. The first-order valence-corrected chi connectivity index (χ1v) is 4.75. The van der Waals surface area contributed by atoms with Gasteiger partial charge in [0.25, 0.3) is 0 Å². The second-order valence-corrected chi connectivity index (χ2v) is 3.27. The summed E-state index contributed by atoms with van der Waals surface area (Å²) in [5, 5.41) is 9.63. The smallest absolute Gasteiger partial charge is 0.337 e. The largest absolute Gasteiger partial charge is 0.478 e. The number of H-pyrrole nitrogens is 1. The summed E-state index contributed by atoms with van der Waals surface area (Å²) >= 11 is 0. The predicted molar refractivity (Wildman–Crippen MR) is 61.2 cm³/mol. The highest BCUT2D eigenvalue weighted by atomic mass is 16.4. The van der Waals surface area contributed by atoms with Gasteiger partial charge in [-0.3, -0.25) is 0 Å². The summed E-state index contributed by atoms with van der Waals surface area (Å²) in [6.07, 6.45) is 1.48. The van der Waals surface area contributed by atoms with Crippen molar-refractivity contribution >= 4 is 16.9 Å². The third-order valence-corrected chi connectivity index (χ3v) is 2.25. The fourth-order valence-corrected chi connectivity index (χ4v) is 1.53. The number of aromatic carboxylic acids is 1. The van der Waals surface area contributed by atoms with Crippen LogP contribution in [0.5, 0.6) is 0 Å². The lowest BCUT2D eigenvalue weighted by atomic mass is 10.1. The molecule has 0 amide bonds. The molecule has 4 heteroatoms. The molecule has 0 bridgehead atoms. The average Bonchev–Trinajstić information content (AvgIpc) is 2.69. The van der Waals surface area contributed by atoms with Crippen LogP contribution in [0.15, 0.2) is 24.4 Å². The SMILES string of the molecule is NCC#Cc1ccc2[nH]cc(C(=O)O)c2c1.